The van der Waals surface area contributed by atoms with E-state index in [1.54, 1.807) is 12.1 Å². The van der Waals surface area contributed by atoms with Crippen molar-refractivity contribution in [3.05, 3.63) is 35.6 Å². The molecule has 0 aromatic heterocycles. The fourth-order valence-corrected chi connectivity index (χ4v) is 1.75. The van der Waals surface area contributed by atoms with Crippen molar-refractivity contribution in [2.75, 3.05) is 13.2 Å². The fourth-order valence-electron chi connectivity index (χ4n) is 1.75. The molecule has 1 N–H and O–H groups in total. The van der Waals surface area contributed by atoms with Gasteiger partial charge in [-0.1, -0.05) is 12.1 Å². The van der Waals surface area contributed by atoms with Crippen LogP contribution in [0.4, 0.5) is 4.39 Å². The number of benzene rings is 1. The Morgan fingerprint density at radius 3 is 3.00 bits per heavy atom. The van der Waals surface area contributed by atoms with Gasteiger partial charge >= 0.3 is 0 Å². The van der Waals surface area contributed by atoms with Crippen LogP contribution >= 0.6 is 0 Å². The molecule has 0 spiro atoms. The maximum atomic E-state index is 13.2. The second kappa shape index (κ2) is 5.07. The van der Waals surface area contributed by atoms with E-state index in [9.17, 15) is 9.18 Å². The van der Waals surface area contributed by atoms with Gasteiger partial charge in [0.1, 0.15) is 5.82 Å². The lowest BCUT2D eigenvalue weighted by Crippen LogP contribution is -2.32. The predicted molar refractivity (Wildman–Crippen MR) is 57.7 cm³/mol. The third-order valence-corrected chi connectivity index (χ3v) is 2.63. The van der Waals surface area contributed by atoms with Gasteiger partial charge in [-0.3, -0.25) is 4.79 Å². The Morgan fingerprint density at radius 2 is 2.31 bits per heavy atom. The molecule has 1 atom stereocenters. The topological polar surface area (TPSA) is 38.3 Å². The highest BCUT2D eigenvalue weighted by molar-refractivity contribution is 5.94. The molecule has 0 saturated carbocycles. The molecule has 1 saturated heterocycles. The molecule has 1 fully saturated rings. The van der Waals surface area contributed by atoms with Crippen LogP contribution in [0.25, 0.3) is 0 Å². The normalized spacial score (nSPS) is 19.7. The second-order valence-corrected chi connectivity index (χ2v) is 3.82. The third kappa shape index (κ3) is 2.58. The van der Waals surface area contributed by atoms with Crippen LogP contribution in [0.1, 0.15) is 23.2 Å². The number of amides is 1. The van der Waals surface area contributed by atoms with Gasteiger partial charge in [0.15, 0.2) is 0 Å². The van der Waals surface area contributed by atoms with Crippen molar-refractivity contribution in [3.63, 3.8) is 0 Å². The summed E-state index contributed by atoms with van der Waals surface area (Å²) in [4.78, 5) is 11.6. The number of carbonyl (C=O) groups is 1. The zero-order valence-corrected chi connectivity index (χ0v) is 8.91. The summed E-state index contributed by atoms with van der Waals surface area (Å²) in [5, 5.41) is 2.68. The standard InChI is InChI=1S/C12H14FNO2/c13-11-6-2-1-5-10(11)12(15)14-8-9-4-3-7-16-9/h1-2,5-6,9H,3-4,7-8H2,(H,14,15)/t9-/m0/s1. The SMILES string of the molecule is O=C(NC[C@@H]1CCCO1)c1ccccc1F. The summed E-state index contributed by atoms with van der Waals surface area (Å²) in [6.45, 7) is 1.20. The number of carbonyl (C=O) groups excluding carboxylic acids is 1. The molecule has 86 valence electrons. The van der Waals surface area contributed by atoms with Crippen LogP contribution in [0.3, 0.4) is 0 Å². The Bertz CT molecular complexity index is 375. The first-order chi connectivity index (χ1) is 7.77. The molecule has 3 nitrogen and oxygen atoms in total. The van der Waals surface area contributed by atoms with E-state index in [0.717, 1.165) is 19.4 Å². The van der Waals surface area contributed by atoms with Crippen LogP contribution in [0.15, 0.2) is 24.3 Å². The molecule has 16 heavy (non-hydrogen) atoms. The van der Waals surface area contributed by atoms with Crippen LogP contribution in [0, 0.1) is 5.82 Å². The van der Waals surface area contributed by atoms with Crippen LogP contribution in [0.2, 0.25) is 0 Å². The van der Waals surface area contributed by atoms with Gasteiger partial charge < -0.3 is 10.1 Å². The third-order valence-electron chi connectivity index (χ3n) is 2.63. The van der Waals surface area contributed by atoms with Gasteiger partial charge in [-0.25, -0.2) is 4.39 Å². The van der Waals surface area contributed by atoms with E-state index in [1.807, 2.05) is 0 Å². The summed E-state index contributed by atoms with van der Waals surface area (Å²) < 4.78 is 18.6. The summed E-state index contributed by atoms with van der Waals surface area (Å²) in [6.07, 6.45) is 2.06. The first-order valence-electron chi connectivity index (χ1n) is 5.41. The summed E-state index contributed by atoms with van der Waals surface area (Å²) >= 11 is 0. The number of ether oxygens (including phenoxy) is 1. The van der Waals surface area contributed by atoms with Crippen molar-refractivity contribution in [2.24, 2.45) is 0 Å². The number of hydrogen-bond donors (Lipinski definition) is 1. The highest BCUT2D eigenvalue weighted by Gasteiger charge is 2.17. The van der Waals surface area contributed by atoms with Crippen LogP contribution < -0.4 is 5.32 Å². The zero-order chi connectivity index (χ0) is 11.4. The Kier molecular flexibility index (Phi) is 3.51. The average Bonchev–Trinajstić information content (AvgIpc) is 2.79. The predicted octanol–water partition coefficient (Wildman–Crippen LogP) is 1.73. The largest absolute Gasteiger partial charge is 0.376 e. The van der Waals surface area contributed by atoms with Crippen LogP contribution in [0.5, 0.6) is 0 Å². The molecule has 1 aliphatic rings. The first-order valence-corrected chi connectivity index (χ1v) is 5.41. The molecule has 1 heterocycles. The van der Waals surface area contributed by atoms with E-state index >= 15 is 0 Å². The minimum absolute atomic E-state index is 0.0794. The maximum Gasteiger partial charge on any atom is 0.254 e. The van der Waals surface area contributed by atoms with Crippen molar-refractivity contribution < 1.29 is 13.9 Å². The lowest BCUT2D eigenvalue weighted by Gasteiger charge is -2.10. The van der Waals surface area contributed by atoms with E-state index in [0.29, 0.717) is 6.54 Å². The molecule has 4 heteroatoms. The molecule has 0 unspecified atom stereocenters. The van der Waals surface area contributed by atoms with E-state index in [4.69, 9.17) is 4.74 Å². The van der Waals surface area contributed by atoms with Crippen LogP contribution in [-0.2, 0) is 4.74 Å². The van der Waals surface area contributed by atoms with Crippen molar-refractivity contribution in [1.29, 1.82) is 0 Å². The van der Waals surface area contributed by atoms with Gasteiger partial charge in [0.25, 0.3) is 5.91 Å². The molecule has 0 aliphatic carbocycles. The summed E-state index contributed by atoms with van der Waals surface area (Å²) in [7, 11) is 0. The monoisotopic (exact) mass is 223 g/mol. The fraction of sp³-hybridized carbons (Fsp3) is 0.417. The number of halogens is 1. The molecule has 1 aliphatic heterocycles. The number of nitrogens with one attached hydrogen (secondary N) is 1. The highest BCUT2D eigenvalue weighted by Crippen LogP contribution is 2.11. The van der Waals surface area contributed by atoms with Gasteiger partial charge in [-0.2, -0.15) is 0 Å². The van der Waals surface area contributed by atoms with Crippen molar-refractivity contribution in [3.8, 4) is 0 Å². The minimum atomic E-state index is -0.493. The molecule has 1 amide bonds. The first kappa shape index (κ1) is 11.1. The maximum absolute atomic E-state index is 13.2. The number of rotatable bonds is 3. The number of hydrogen-bond acceptors (Lipinski definition) is 2. The Morgan fingerprint density at radius 1 is 1.50 bits per heavy atom. The quantitative estimate of drug-likeness (QED) is 0.847. The lowest BCUT2D eigenvalue weighted by atomic mass is 10.2. The van der Waals surface area contributed by atoms with E-state index in [-0.39, 0.29) is 17.6 Å². The molecule has 0 bridgehead atoms. The Labute approximate surface area is 93.6 Å². The molecule has 0 radical (unpaired) electrons. The van der Waals surface area contributed by atoms with Crippen molar-refractivity contribution in [1.82, 2.24) is 5.32 Å². The Hall–Kier alpha value is -1.42. The van der Waals surface area contributed by atoms with E-state index in [1.165, 1.54) is 12.1 Å². The smallest absolute Gasteiger partial charge is 0.254 e. The molecule has 2 rings (SSSR count). The van der Waals surface area contributed by atoms with Crippen LogP contribution in [-0.4, -0.2) is 25.2 Å². The lowest BCUT2D eigenvalue weighted by molar-refractivity contribution is 0.0854. The van der Waals surface area contributed by atoms with Gasteiger partial charge in [-0.15, -0.1) is 0 Å². The molecular weight excluding hydrogens is 209 g/mol. The molecular formula is C12H14FNO2. The van der Waals surface area contributed by atoms with Crippen molar-refractivity contribution >= 4 is 5.91 Å². The van der Waals surface area contributed by atoms with Gasteiger partial charge in [0.05, 0.1) is 11.7 Å². The van der Waals surface area contributed by atoms with Crippen molar-refractivity contribution in [2.45, 2.75) is 18.9 Å². The van der Waals surface area contributed by atoms with Gasteiger partial charge in [-0.05, 0) is 25.0 Å². The molecule has 1 aromatic carbocycles. The minimum Gasteiger partial charge on any atom is -0.376 e. The van der Waals surface area contributed by atoms with Gasteiger partial charge in [0, 0.05) is 13.2 Å². The van der Waals surface area contributed by atoms with E-state index < -0.39 is 5.82 Å². The molecule has 1 aromatic rings. The summed E-state index contributed by atoms with van der Waals surface area (Å²) in [6, 6.07) is 5.96. The van der Waals surface area contributed by atoms with E-state index in [2.05, 4.69) is 5.32 Å². The summed E-state index contributed by atoms with van der Waals surface area (Å²) in [5.74, 6) is -0.874. The highest BCUT2D eigenvalue weighted by atomic mass is 19.1. The average molecular weight is 223 g/mol. The Balaban J connectivity index is 1.90. The zero-order valence-electron chi connectivity index (χ0n) is 8.91. The summed E-state index contributed by atoms with van der Waals surface area (Å²) in [5.41, 5.74) is 0.0838. The van der Waals surface area contributed by atoms with Gasteiger partial charge in [0.2, 0.25) is 0 Å². The second-order valence-electron chi connectivity index (χ2n) is 3.82.